The highest BCUT2D eigenvalue weighted by Gasteiger charge is 2.20. The fourth-order valence-electron chi connectivity index (χ4n) is 2.79. The lowest BCUT2D eigenvalue weighted by atomic mass is 9.96. The van der Waals surface area contributed by atoms with Crippen LogP contribution in [0.2, 0.25) is 0 Å². The predicted molar refractivity (Wildman–Crippen MR) is 99.7 cm³/mol. The quantitative estimate of drug-likeness (QED) is 0.751. The molecule has 0 unspecified atom stereocenters. The standard InChI is InChI=1S/C18H17BrN2O2S/c19-13-5-6-16(23-8-7-22)12(9-13)11-21-18-15(10-20)14-3-1-2-4-17(14)24-18/h5-6,9,11,22H,1-4,7-8H2. The van der Waals surface area contributed by atoms with E-state index in [1.165, 1.54) is 16.9 Å². The number of aliphatic hydroxyl groups is 1. The number of hydrogen-bond acceptors (Lipinski definition) is 5. The normalized spacial score (nSPS) is 13.7. The van der Waals surface area contributed by atoms with Crippen molar-refractivity contribution in [2.45, 2.75) is 25.7 Å². The molecule has 1 aromatic heterocycles. The van der Waals surface area contributed by atoms with Crippen LogP contribution in [0.3, 0.4) is 0 Å². The van der Waals surface area contributed by atoms with Crippen molar-refractivity contribution < 1.29 is 9.84 Å². The average molecular weight is 405 g/mol. The van der Waals surface area contributed by atoms with Gasteiger partial charge in [0.05, 0.1) is 12.2 Å². The number of aliphatic imine (C=N–C) groups is 1. The third-order valence-electron chi connectivity index (χ3n) is 3.91. The van der Waals surface area contributed by atoms with Gasteiger partial charge >= 0.3 is 0 Å². The Morgan fingerprint density at radius 3 is 3.00 bits per heavy atom. The fourth-order valence-corrected chi connectivity index (χ4v) is 4.36. The molecule has 1 heterocycles. The number of fused-ring (bicyclic) bond motifs is 1. The molecule has 1 aliphatic carbocycles. The minimum absolute atomic E-state index is 0.0388. The molecule has 1 aromatic carbocycles. The number of nitriles is 1. The summed E-state index contributed by atoms with van der Waals surface area (Å²) in [5.41, 5.74) is 2.72. The molecule has 0 spiro atoms. The van der Waals surface area contributed by atoms with Crippen molar-refractivity contribution in [2.24, 2.45) is 4.99 Å². The van der Waals surface area contributed by atoms with Crippen LogP contribution in [0.15, 0.2) is 27.7 Å². The molecule has 124 valence electrons. The molecule has 0 bridgehead atoms. The molecule has 0 atom stereocenters. The molecule has 2 aromatic rings. The first kappa shape index (κ1) is 17.2. The van der Waals surface area contributed by atoms with Crippen LogP contribution < -0.4 is 4.74 Å². The molecule has 0 saturated carbocycles. The Balaban J connectivity index is 1.93. The lowest BCUT2D eigenvalue weighted by Gasteiger charge is -2.09. The van der Waals surface area contributed by atoms with Crippen LogP contribution in [0.25, 0.3) is 0 Å². The third-order valence-corrected chi connectivity index (χ3v) is 5.60. The summed E-state index contributed by atoms with van der Waals surface area (Å²) in [5, 5.41) is 19.2. The maximum Gasteiger partial charge on any atom is 0.134 e. The van der Waals surface area contributed by atoms with E-state index in [-0.39, 0.29) is 13.2 Å². The van der Waals surface area contributed by atoms with Crippen LogP contribution in [0, 0.1) is 11.3 Å². The van der Waals surface area contributed by atoms with Crippen molar-refractivity contribution in [3.05, 3.63) is 44.2 Å². The molecule has 0 fully saturated rings. The van der Waals surface area contributed by atoms with Crippen LogP contribution in [0.4, 0.5) is 5.00 Å². The Hall–Kier alpha value is -1.68. The smallest absolute Gasteiger partial charge is 0.134 e. The molecule has 0 saturated heterocycles. The van der Waals surface area contributed by atoms with E-state index in [0.29, 0.717) is 5.75 Å². The van der Waals surface area contributed by atoms with E-state index in [1.54, 1.807) is 17.6 Å². The molecule has 0 aliphatic heterocycles. The van der Waals surface area contributed by atoms with Gasteiger partial charge in [0.2, 0.25) is 0 Å². The van der Waals surface area contributed by atoms with Gasteiger partial charge in [0.1, 0.15) is 23.4 Å². The van der Waals surface area contributed by atoms with Crippen LogP contribution in [0.5, 0.6) is 5.75 Å². The minimum Gasteiger partial charge on any atom is -0.491 e. The minimum atomic E-state index is -0.0388. The predicted octanol–water partition coefficient (Wildman–Crippen LogP) is 4.38. The zero-order valence-electron chi connectivity index (χ0n) is 13.1. The second-order valence-electron chi connectivity index (χ2n) is 5.52. The van der Waals surface area contributed by atoms with E-state index in [9.17, 15) is 5.26 Å². The first-order valence-electron chi connectivity index (χ1n) is 7.85. The number of benzene rings is 1. The van der Waals surface area contributed by atoms with Crippen LogP contribution in [-0.4, -0.2) is 24.5 Å². The fraction of sp³-hybridized carbons (Fsp3) is 0.333. The number of aliphatic hydroxyl groups excluding tert-OH is 1. The molecule has 24 heavy (non-hydrogen) atoms. The Morgan fingerprint density at radius 1 is 1.38 bits per heavy atom. The summed E-state index contributed by atoms with van der Waals surface area (Å²) in [6.07, 6.45) is 6.09. The van der Waals surface area contributed by atoms with Crippen LogP contribution in [-0.2, 0) is 12.8 Å². The van der Waals surface area contributed by atoms with Gasteiger partial charge in [-0.15, -0.1) is 11.3 Å². The van der Waals surface area contributed by atoms with Gasteiger partial charge in [0.15, 0.2) is 0 Å². The monoisotopic (exact) mass is 404 g/mol. The summed E-state index contributed by atoms with van der Waals surface area (Å²) >= 11 is 5.07. The number of hydrogen-bond donors (Lipinski definition) is 1. The van der Waals surface area contributed by atoms with E-state index in [4.69, 9.17) is 9.84 Å². The van der Waals surface area contributed by atoms with Crippen LogP contribution >= 0.6 is 27.3 Å². The Kier molecular flexibility index (Phi) is 5.67. The molecule has 0 amide bonds. The van der Waals surface area contributed by atoms with Gasteiger partial charge in [0, 0.05) is 21.1 Å². The van der Waals surface area contributed by atoms with Gasteiger partial charge in [-0.1, -0.05) is 15.9 Å². The number of thiophene rings is 1. The zero-order valence-corrected chi connectivity index (χ0v) is 15.5. The summed E-state index contributed by atoms with van der Waals surface area (Å²) < 4.78 is 6.47. The van der Waals surface area contributed by atoms with Gasteiger partial charge in [0.25, 0.3) is 0 Å². The maximum absolute atomic E-state index is 9.50. The summed E-state index contributed by atoms with van der Waals surface area (Å²) in [6.45, 7) is 0.197. The second-order valence-corrected chi connectivity index (χ2v) is 7.51. The van der Waals surface area contributed by atoms with E-state index >= 15 is 0 Å². The molecular weight excluding hydrogens is 388 g/mol. The average Bonchev–Trinajstić information content (AvgIpc) is 2.96. The van der Waals surface area contributed by atoms with Crippen molar-refractivity contribution in [3.63, 3.8) is 0 Å². The highest BCUT2D eigenvalue weighted by molar-refractivity contribution is 9.10. The SMILES string of the molecule is N#Cc1c(N=Cc2cc(Br)ccc2OCCO)sc2c1CCCC2. The molecule has 6 heteroatoms. The number of halogens is 1. The van der Waals surface area contributed by atoms with Crippen molar-refractivity contribution in [1.29, 1.82) is 5.26 Å². The van der Waals surface area contributed by atoms with Crippen LogP contribution in [0.1, 0.15) is 34.4 Å². The van der Waals surface area contributed by atoms with Crippen molar-refractivity contribution in [3.8, 4) is 11.8 Å². The largest absolute Gasteiger partial charge is 0.491 e. The third kappa shape index (κ3) is 3.69. The lowest BCUT2D eigenvalue weighted by molar-refractivity contribution is 0.201. The van der Waals surface area contributed by atoms with E-state index in [0.717, 1.165) is 39.9 Å². The Morgan fingerprint density at radius 2 is 2.21 bits per heavy atom. The summed E-state index contributed by atoms with van der Waals surface area (Å²) in [5.74, 6) is 0.663. The van der Waals surface area contributed by atoms with Gasteiger partial charge < -0.3 is 9.84 Å². The Labute approximate surface area is 153 Å². The number of nitrogens with zero attached hydrogens (tertiary/aromatic N) is 2. The first-order chi connectivity index (χ1) is 11.7. The van der Waals surface area contributed by atoms with E-state index in [2.05, 4.69) is 27.0 Å². The maximum atomic E-state index is 9.50. The zero-order chi connectivity index (χ0) is 16.9. The van der Waals surface area contributed by atoms with Gasteiger partial charge in [-0.25, -0.2) is 4.99 Å². The van der Waals surface area contributed by atoms with E-state index < -0.39 is 0 Å². The number of ether oxygens (including phenoxy) is 1. The van der Waals surface area contributed by atoms with E-state index in [1.807, 2.05) is 18.2 Å². The number of rotatable bonds is 5. The molecular formula is C18H17BrN2O2S. The van der Waals surface area contributed by atoms with Crippen molar-refractivity contribution in [1.82, 2.24) is 0 Å². The van der Waals surface area contributed by atoms with Gasteiger partial charge in [-0.05, 0) is 49.4 Å². The van der Waals surface area contributed by atoms with Gasteiger partial charge in [-0.2, -0.15) is 5.26 Å². The summed E-state index contributed by atoms with van der Waals surface area (Å²) in [6, 6.07) is 7.96. The first-order valence-corrected chi connectivity index (χ1v) is 9.45. The molecule has 1 N–H and O–H groups in total. The highest BCUT2D eigenvalue weighted by atomic mass is 79.9. The Bertz CT molecular complexity index is 808. The van der Waals surface area contributed by atoms with Gasteiger partial charge in [-0.3, -0.25) is 0 Å². The summed E-state index contributed by atoms with van der Waals surface area (Å²) in [4.78, 5) is 5.87. The molecule has 1 aliphatic rings. The number of aryl methyl sites for hydroxylation is 1. The van der Waals surface area contributed by atoms with Crippen molar-refractivity contribution >= 4 is 38.5 Å². The second kappa shape index (κ2) is 7.93. The molecule has 4 nitrogen and oxygen atoms in total. The van der Waals surface area contributed by atoms with Crippen molar-refractivity contribution in [2.75, 3.05) is 13.2 Å². The highest BCUT2D eigenvalue weighted by Crippen LogP contribution is 2.39. The molecule has 0 radical (unpaired) electrons. The molecule has 3 rings (SSSR count). The summed E-state index contributed by atoms with van der Waals surface area (Å²) in [7, 11) is 0. The lowest BCUT2D eigenvalue weighted by Crippen LogP contribution is -2.03. The topological polar surface area (TPSA) is 65.6 Å².